The van der Waals surface area contributed by atoms with E-state index in [1.54, 1.807) is 11.3 Å². The fourth-order valence-electron chi connectivity index (χ4n) is 3.97. The van der Waals surface area contributed by atoms with Crippen LogP contribution in [0.1, 0.15) is 45.3 Å². The first kappa shape index (κ1) is 22.7. The molecular formula is C26H33NOSSi. The van der Waals surface area contributed by atoms with Crippen LogP contribution in [0.5, 0.6) is 0 Å². The highest BCUT2D eigenvalue weighted by Gasteiger charge is 2.51. The minimum atomic E-state index is -2.54. The molecule has 0 saturated heterocycles. The van der Waals surface area contributed by atoms with Crippen LogP contribution in [0.3, 0.4) is 0 Å². The Bertz CT molecular complexity index is 918. The van der Waals surface area contributed by atoms with Gasteiger partial charge in [0, 0.05) is 23.8 Å². The minimum Gasteiger partial charge on any atom is -0.406 e. The molecule has 0 unspecified atom stereocenters. The van der Waals surface area contributed by atoms with Crippen LogP contribution < -0.4 is 10.4 Å². The van der Waals surface area contributed by atoms with E-state index >= 15 is 0 Å². The number of hydrogen-bond acceptors (Lipinski definition) is 3. The van der Waals surface area contributed by atoms with E-state index in [9.17, 15) is 0 Å². The molecule has 0 fully saturated rings. The number of thiazole rings is 1. The van der Waals surface area contributed by atoms with Crippen LogP contribution in [0.25, 0.3) is 0 Å². The Kier molecular flexibility index (Phi) is 6.80. The van der Waals surface area contributed by atoms with E-state index in [1.807, 2.05) is 6.08 Å². The molecule has 0 N–H and O–H groups in total. The maximum Gasteiger partial charge on any atom is 0.261 e. The van der Waals surface area contributed by atoms with Gasteiger partial charge in [-0.3, -0.25) is 0 Å². The summed E-state index contributed by atoms with van der Waals surface area (Å²) in [5.74, 6) is 0. The van der Waals surface area contributed by atoms with Crippen molar-refractivity contribution in [3.8, 4) is 0 Å². The average Bonchev–Trinajstić information content (AvgIpc) is 3.19. The largest absolute Gasteiger partial charge is 0.406 e. The van der Waals surface area contributed by atoms with Gasteiger partial charge in [0.2, 0.25) is 0 Å². The Morgan fingerprint density at radius 2 is 1.47 bits per heavy atom. The predicted molar refractivity (Wildman–Crippen MR) is 133 cm³/mol. The van der Waals surface area contributed by atoms with Crippen LogP contribution >= 0.6 is 11.3 Å². The van der Waals surface area contributed by atoms with Gasteiger partial charge in [0.15, 0.2) is 0 Å². The molecule has 3 aromatic rings. The van der Waals surface area contributed by atoms with Crippen LogP contribution in [0.2, 0.25) is 5.04 Å². The van der Waals surface area contributed by atoms with Gasteiger partial charge in [-0.1, -0.05) is 101 Å². The lowest BCUT2D eigenvalue weighted by Gasteiger charge is -2.44. The fraction of sp³-hybridized carbons (Fsp3) is 0.346. The molecule has 0 radical (unpaired) electrons. The normalized spacial score (nSPS) is 12.7. The molecule has 30 heavy (non-hydrogen) atoms. The molecule has 0 saturated carbocycles. The van der Waals surface area contributed by atoms with Gasteiger partial charge in [0.25, 0.3) is 8.32 Å². The van der Waals surface area contributed by atoms with Gasteiger partial charge < -0.3 is 4.43 Å². The lowest BCUT2D eigenvalue weighted by molar-refractivity contribution is 0.226. The summed E-state index contributed by atoms with van der Waals surface area (Å²) in [6, 6.07) is 21.6. The van der Waals surface area contributed by atoms with Crippen LogP contribution in [0, 0.1) is 0 Å². The van der Waals surface area contributed by atoms with Crippen molar-refractivity contribution < 1.29 is 4.43 Å². The summed E-state index contributed by atoms with van der Waals surface area (Å²) in [6.45, 7) is 15.9. The molecule has 0 spiro atoms. The average molecular weight is 436 g/mol. The molecule has 0 aliphatic heterocycles. The van der Waals surface area contributed by atoms with Crippen LogP contribution in [0.4, 0.5) is 0 Å². The van der Waals surface area contributed by atoms with Crippen molar-refractivity contribution in [3.63, 3.8) is 0 Å². The minimum absolute atomic E-state index is 0.0251. The second-order valence-corrected chi connectivity index (χ2v) is 14.6. The summed E-state index contributed by atoms with van der Waals surface area (Å²) in [5.41, 5.74) is 0.917. The quantitative estimate of drug-likeness (QED) is 0.333. The molecule has 0 atom stereocenters. The molecule has 2 aromatic carbocycles. The predicted octanol–water partition coefficient (Wildman–Crippen LogP) is 5.73. The maximum atomic E-state index is 7.14. The van der Waals surface area contributed by atoms with E-state index in [-0.39, 0.29) is 10.5 Å². The van der Waals surface area contributed by atoms with Crippen molar-refractivity contribution in [1.29, 1.82) is 0 Å². The lowest BCUT2D eigenvalue weighted by Crippen LogP contribution is -2.67. The zero-order valence-electron chi connectivity index (χ0n) is 18.8. The summed E-state index contributed by atoms with van der Waals surface area (Å²) in [5, 5.41) is 5.86. The third kappa shape index (κ3) is 4.51. The van der Waals surface area contributed by atoms with Crippen LogP contribution in [-0.4, -0.2) is 19.9 Å². The fourth-order valence-corrected chi connectivity index (χ4v) is 9.65. The Labute approximate surface area is 186 Å². The Balaban J connectivity index is 2.03. The number of hydrogen-bond donors (Lipinski definition) is 0. The SMILES string of the molecule is C=CCc1csc(C(C)(C)CO[Si](c2ccccc2)(c2ccccc2)C(C)(C)C)n1. The van der Waals surface area contributed by atoms with E-state index in [4.69, 9.17) is 9.41 Å². The van der Waals surface area contributed by atoms with Gasteiger partial charge >= 0.3 is 0 Å². The molecule has 1 aromatic heterocycles. The molecule has 158 valence electrons. The van der Waals surface area contributed by atoms with Gasteiger partial charge in [-0.25, -0.2) is 4.98 Å². The Hall–Kier alpha value is -2.01. The summed E-state index contributed by atoms with van der Waals surface area (Å²) < 4.78 is 7.14. The molecule has 3 rings (SSSR count). The van der Waals surface area contributed by atoms with Crippen molar-refractivity contribution in [2.45, 2.75) is 51.5 Å². The van der Waals surface area contributed by atoms with Crippen LogP contribution in [-0.2, 0) is 16.3 Å². The monoisotopic (exact) mass is 435 g/mol. The molecule has 1 heterocycles. The second-order valence-electron chi connectivity index (χ2n) is 9.47. The van der Waals surface area contributed by atoms with Gasteiger partial charge in [-0.05, 0) is 15.4 Å². The zero-order chi connectivity index (χ0) is 21.8. The smallest absolute Gasteiger partial charge is 0.261 e. The van der Waals surface area contributed by atoms with Crippen molar-refractivity contribution in [1.82, 2.24) is 4.98 Å². The number of benzene rings is 2. The number of nitrogens with zero attached hydrogens (tertiary/aromatic N) is 1. The first-order valence-corrected chi connectivity index (χ1v) is 13.3. The lowest BCUT2D eigenvalue weighted by atomic mass is 9.96. The van der Waals surface area contributed by atoms with Gasteiger partial charge in [0.1, 0.15) is 5.01 Å². The zero-order valence-corrected chi connectivity index (χ0v) is 20.6. The number of aromatic nitrogens is 1. The number of allylic oxidation sites excluding steroid dienone is 1. The summed E-state index contributed by atoms with van der Waals surface area (Å²) in [6.07, 6.45) is 2.72. The summed E-state index contributed by atoms with van der Waals surface area (Å²) in [4.78, 5) is 4.86. The highest BCUT2D eigenvalue weighted by molar-refractivity contribution is 7.09. The third-order valence-electron chi connectivity index (χ3n) is 5.55. The second kappa shape index (κ2) is 9.01. The van der Waals surface area contributed by atoms with Crippen molar-refractivity contribution >= 4 is 30.0 Å². The van der Waals surface area contributed by atoms with E-state index in [0.29, 0.717) is 6.61 Å². The van der Waals surface area contributed by atoms with E-state index < -0.39 is 8.32 Å². The van der Waals surface area contributed by atoms with E-state index in [1.165, 1.54) is 10.4 Å². The summed E-state index contributed by atoms with van der Waals surface area (Å²) >= 11 is 1.72. The molecule has 2 nitrogen and oxygen atoms in total. The third-order valence-corrected chi connectivity index (χ3v) is 11.8. The number of rotatable bonds is 8. The highest BCUT2D eigenvalue weighted by atomic mass is 32.1. The van der Waals surface area contributed by atoms with Gasteiger partial charge in [0.05, 0.1) is 5.69 Å². The first-order chi connectivity index (χ1) is 14.2. The maximum absolute atomic E-state index is 7.14. The van der Waals surface area contributed by atoms with Crippen molar-refractivity contribution in [2.75, 3.05) is 6.61 Å². The molecule has 0 amide bonds. The Morgan fingerprint density at radius 1 is 0.933 bits per heavy atom. The van der Waals surface area contributed by atoms with Crippen LogP contribution in [0.15, 0.2) is 78.7 Å². The molecule has 4 heteroatoms. The van der Waals surface area contributed by atoms with Crippen molar-refractivity contribution in [2.24, 2.45) is 0 Å². The van der Waals surface area contributed by atoms with Gasteiger partial charge in [-0.2, -0.15) is 0 Å². The first-order valence-electron chi connectivity index (χ1n) is 10.5. The van der Waals surface area contributed by atoms with Gasteiger partial charge in [-0.15, -0.1) is 17.9 Å². The Morgan fingerprint density at radius 3 is 1.93 bits per heavy atom. The van der Waals surface area contributed by atoms with Crippen molar-refractivity contribution in [3.05, 3.63) is 89.4 Å². The molecular weight excluding hydrogens is 402 g/mol. The highest BCUT2D eigenvalue weighted by Crippen LogP contribution is 2.38. The van der Waals surface area contributed by atoms with E-state index in [2.05, 4.69) is 107 Å². The molecule has 0 aliphatic carbocycles. The van der Waals surface area contributed by atoms with E-state index in [0.717, 1.165) is 17.1 Å². The standard InChI is InChI=1S/C26H33NOSSi/c1-7-14-21-19-29-24(27-21)26(5,6)20-28-30(25(2,3)4,22-15-10-8-11-16-22)23-17-12-9-13-18-23/h7-13,15-19H,1,14,20H2,2-6H3. The molecule has 0 aliphatic rings. The summed E-state index contributed by atoms with van der Waals surface area (Å²) in [7, 11) is -2.54. The molecule has 0 bridgehead atoms. The topological polar surface area (TPSA) is 22.1 Å².